The number of piperazine rings is 1. The van der Waals surface area contributed by atoms with Crippen molar-refractivity contribution in [3.05, 3.63) is 51.9 Å². The van der Waals surface area contributed by atoms with Crippen LogP contribution in [0.4, 0.5) is 4.79 Å². The lowest BCUT2D eigenvalue weighted by molar-refractivity contribution is -0.129. The van der Waals surface area contributed by atoms with Gasteiger partial charge < -0.3 is 14.5 Å². The van der Waals surface area contributed by atoms with Gasteiger partial charge in [-0.15, -0.1) is 11.8 Å². The summed E-state index contributed by atoms with van der Waals surface area (Å²) in [6.45, 7) is 6.62. The predicted molar refractivity (Wildman–Crippen MR) is 134 cm³/mol. The minimum Gasteiger partial charge on any atom is -0.450 e. The number of aromatic nitrogens is 2. The summed E-state index contributed by atoms with van der Waals surface area (Å²) in [6.07, 6.45) is 1.16. The zero-order valence-corrected chi connectivity index (χ0v) is 21.2. The fraction of sp³-hybridized carbons (Fsp3) is 0.500. The van der Waals surface area contributed by atoms with Crippen molar-refractivity contribution in [2.45, 2.75) is 48.5 Å². The lowest BCUT2D eigenvalue weighted by Gasteiger charge is -2.34. The third kappa shape index (κ3) is 5.78. The van der Waals surface area contributed by atoms with Crippen LogP contribution in [0, 0.1) is 0 Å². The van der Waals surface area contributed by atoms with Crippen LogP contribution in [0.1, 0.15) is 25.1 Å². The number of hydrogen-bond donors (Lipinski definition) is 0. The SMILES string of the molecule is CCOC(=O)N1CCN(C(=O)CSc2nc3c(c(=O)n2CCc2ccccc2)SC(C)C3)CC1. The zero-order chi connectivity index (χ0) is 24.1. The number of aryl methyl sites for hydroxylation is 1. The largest absolute Gasteiger partial charge is 0.450 e. The van der Waals surface area contributed by atoms with E-state index in [9.17, 15) is 14.4 Å². The van der Waals surface area contributed by atoms with Gasteiger partial charge in [0.05, 0.1) is 22.9 Å². The topological polar surface area (TPSA) is 84.7 Å². The first-order valence-electron chi connectivity index (χ1n) is 11.6. The fourth-order valence-electron chi connectivity index (χ4n) is 4.10. The van der Waals surface area contributed by atoms with Gasteiger partial charge in [-0.2, -0.15) is 0 Å². The highest BCUT2D eigenvalue weighted by atomic mass is 32.2. The summed E-state index contributed by atoms with van der Waals surface area (Å²) in [6, 6.07) is 10.1. The molecule has 0 N–H and O–H groups in total. The van der Waals surface area contributed by atoms with Gasteiger partial charge in [-0.1, -0.05) is 49.0 Å². The van der Waals surface area contributed by atoms with Gasteiger partial charge in [0.2, 0.25) is 5.91 Å². The van der Waals surface area contributed by atoms with Crippen molar-refractivity contribution in [3.63, 3.8) is 0 Å². The lowest BCUT2D eigenvalue weighted by Crippen LogP contribution is -2.51. The molecular formula is C24H30N4O4S2. The molecule has 10 heteroatoms. The van der Waals surface area contributed by atoms with Crippen molar-refractivity contribution in [2.75, 3.05) is 38.5 Å². The number of hydrogen-bond acceptors (Lipinski definition) is 7. The van der Waals surface area contributed by atoms with E-state index in [0.717, 1.165) is 29.0 Å². The maximum atomic E-state index is 13.3. The molecule has 2 amide bonds. The summed E-state index contributed by atoms with van der Waals surface area (Å²) in [5, 5.41) is 0.934. The second kappa shape index (κ2) is 11.3. The highest BCUT2D eigenvalue weighted by molar-refractivity contribution is 8.00. The average Bonchev–Trinajstić information content (AvgIpc) is 3.23. The van der Waals surface area contributed by atoms with E-state index in [-0.39, 0.29) is 23.3 Å². The van der Waals surface area contributed by atoms with Gasteiger partial charge in [-0.05, 0) is 18.9 Å². The number of rotatable bonds is 7. The Kier molecular flexibility index (Phi) is 8.20. The molecule has 2 aliphatic rings. The van der Waals surface area contributed by atoms with Crippen LogP contribution in [0.3, 0.4) is 0 Å². The van der Waals surface area contributed by atoms with Crippen molar-refractivity contribution in [2.24, 2.45) is 0 Å². The first-order chi connectivity index (χ1) is 16.5. The summed E-state index contributed by atoms with van der Waals surface area (Å²) in [5.41, 5.74) is 1.99. The van der Waals surface area contributed by atoms with Crippen molar-refractivity contribution >= 4 is 35.5 Å². The minimum atomic E-state index is -0.333. The Morgan fingerprint density at radius 3 is 2.56 bits per heavy atom. The Balaban J connectivity index is 1.43. The molecule has 3 heterocycles. The Bertz CT molecular complexity index is 1080. The number of amides is 2. The summed E-state index contributed by atoms with van der Waals surface area (Å²) in [5.74, 6) is 0.194. The second-order valence-electron chi connectivity index (χ2n) is 8.35. The molecule has 1 saturated heterocycles. The number of carbonyl (C=O) groups is 2. The third-order valence-electron chi connectivity index (χ3n) is 5.91. The summed E-state index contributed by atoms with van der Waals surface area (Å²) >= 11 is 2.92. The van der Waals surface area contributed by atoms with E-state index in [4.69, 9.17) is 9.72 Å². The first kappa shape index (κ1) is 24.7. The highest BCUT2D eigenvalue weighted by Gasteiger charge is 2.28. The molecule has 1 atom stereocenters. The van der Waals surface area contributed by atoms with Crippen LogP contribution < -0.4 is 5.56 Å². The van der Waals surface area contributed by atoms with Crippen LogP contribution in [0.15, 0.2) is 45.2 Å². The van der Waals surface area contributed by atoms with E-state index in [0.29, 0.717) is 49.7 Å². The molecule has 0 saturated carbocycles. The molecule has 0 bridgehead atoms. The van der Waals surface area contributed by atoms with Crippen LogP contribution >= 0.6 is 23.5 Å². The van der Waals surface area contributed by atoms with Gasteiger partial charge in [-0.3, -0.25) is 14.2 Å². The summed E-state index contributed by atoms with van der Waals surface area (Å²) < 4.78 is 6.77. The number of nitrogens with zero attached hydrogens (tertiary/aromatic N) is 4. The van der Waals surface area contributed by atoms with Gasteiger partial charge in [-0.25, -0.2) is 9.78 Å². The predicted octanol–water partition coefficient (Wildman–Crippen LogP) is 2.92. The molecule has 34 heavy (non-hydrogen) atoms. The van der Waals surface area contributed by atoms with Crippen molar-refractivity contribution in [1.29, 1.82) is 0 Å². The maximum absolute atomic E-state index is 13.3. The minimum absolute atomic E-state index is 0.00622. The Morgan fingerprint density at radius 1 is 1.15 bits per heavy atom. The number of thioether (sulfide) groups is 2. The Hall–Kier alpha value is -2.46. The van der Waals surface area contributed by atoms with Crippen molar-refractivity contribution in [3.8, 4) is 0 Å². The molecule has 1 unspecified atom stereocenters. The second-order valence-corrected chi connectivity index (χ2v) is 10.7. The highest BCUT2D eigenvalue weighted by Crippen LogP contribution is 2.34. The monoisotopic (exact) mass is 502 g/mol. The quantitative estimate of drug-likeness (QED) is 0.425. The van der Waals surface area contributed by atoms with Crippen LogP contribution in [0.5, 0.6) is 0 Å². The van der Waals surface area contributed by atoms with E-state index in [1.807, 2.05) is 18.2 Å². The van der Waals surface area contributed by atoms with Gasteiger partial charge in [0.15, 0.2) is 5.16 Å². The standard InChI is InChI=1S/C24H30N4O4S2/c1-3-32-24(31)27-13-11-26(12-14-27)20(29)16-33-23-25-19-15-17(2)34-21(19)22(30)28(23)10-9-18-7-5-4-6-8-18/h4-8,17H,3,9-16H2,1-2H3. The normalized spacial score (nSPS) is 17.5. The molecular weight excluding hydrogens is 472 g/mol. The van der Waals surface area contributed by atoms with E-state index in [2.05, 4.69) is 19.1 Å². The van der Waals surface area contributed by atoms with Crippen LogP contribution in [-0.4, -0.2) is 75.1 Å². The number of benzene rings is 1. The maximum Gasteiger partial charge on any atom is 0.409 e. The van der Waals surface area contributed by atoms with E-state index in [1.54, 1.807) is 33.1 Å². The number of fused-ring (bicyclic) bond motifs is 1. The third-order valence-corrected chi connectivity index (χ3v) is 8.09. The van der Waals surface area contributed by atoms with Crippen molar-refractivity contribution < 1.29 is 14.3 Å². The first-order valence-corrected chi connectivity index (χ1v) is 13.5. The average molecular weight is 503 g/mol. The molecule has 1 aromatic carbocycles. The molecule has 0 spiro atoms. The Labute approximate surface area is 208 Å². The molecule has 2 aliphatic heterocycles. The molecule has 0 radical (unpaired) electrons. The van der Waals surface area contributed by atoms with E-state index < -0.39 is 0 Å². The molecule has 2 aromatic rings. The van der Waals surface area contributed by atoms with Gasteiger partial charge in [0.25, 0.3) is 5.56 Å². The molecule has 4 rings (SSSR count). The van der Waals surface area contributed by atoms with E-state index in [1.165, 1.54) is 11.8 Å². The summed E-state index contributed by atoms with van der Waals surface area (Å²) in [4.78, 5) is 47.0. The lowest BCUT2D eigenvalue weighted by atomic mass is 10.1. The molecule has 1 aromatic heterocycles. The van der Waals surface area contributed by atoms with Crippen molar-refractivity contribution in [1.82, 2.24) is 19.4 Å². The number of ether oxygens (including phenoxy) is 1. The summed E-state index contributed by atoms with van der Waals surface area (Å²) in [7, 11) is 0. The zero-order valence-electron chi connectivity index (χ0n) is 19.6. The van der Waals surface area contributed by atoms with Gasteiger partial charge >= 0.3 is 6.09 Å². The van der Waals surface area contributed by atoms with Crippen LogP contribution in [0.25, 0.3) is 0 Å². The van der Waals surface area contributed by atoms with Crippen LogP contribution in [-0.2, 0) is 28.9 Å². The smallest absolute Gasteiger partial charge is 0.409 e. The fourth-order valence-corrected chi connectivity index (χ4v) is 6.15. The molecule has 0 aliphatic carbocycles. The molecule has 1 fully saturated rings. The van der Waals surface area contributed by atoms with Gasteiger partial charge in [0, 0.05) is 44.4 Å². The molecule has 8 nitrogen and oxygen atoms in total. The van der Waals surface area contributed by atoms with Crippen LogP contribution in [0.2, 0.25) is 0 Å². The molecule has 182 valence electrons. The number of carbonyl (C=O) groups excluding carboxylic acids is 2. The Morgan fingerprint density at radius 2 is 1.85 bits per heavy atom. The van der Waals surface area contributed by atoms with Gasteiger partial charge in [0.1, 0.15) is 0 Å². The van der Waals surface area contributed by atoms with E-state index >= 15 is 0 Å².